The molecule has 1 unspecified atom stereocenters. The van der Waals surface area contributed by atoms with Crippen LogP contribution in [-0.2, 0) is 0 Å². The number of rotatable bonds is 11. The number of aliphatic hydroxyl groups is 1. The minimum Gasteiger partial charge on any atom is -1.00 e. The van der Waals surface area contributed by atoms with Crippen LogP contribution in [0.4, 0.5) is 0 Å². The molecule has 0 amide bonds. The topological polar surface area (TPSA) is 32.7 Å². The first-order chi connectivity index (χ1) is 11.7. The number of nitrogens with zero attached hydrogens (tertiary/aromatic N) is 1. The Balaban J connectivity index is 0.00000312. The fourth-order valence-electron chi connectivity index (χ4n) is 2.86. The van der Waals surface area contributed by atoms with Gasteiger partial charge in [-0.2, -0.15) is 0 Å². The number of benzene rings is 2. The van der Waals surface area contributed by atoms with Crippen molar-refractivity contribution in [3.05, 3.63) is 42.5 Å². The number of hydrogen-bond acceptors (Lipinski definition) is 3. The predicted octanol–water partition coefficient (Wildman–Crippen LogP) is 1.49. The number of unbranched alkanes of at least 4 members (excludes halogenated alkanes) is 2. The molecule has 2 aromatic rings. The van der Waals surface area contributed by atoms with E-state index in [4.69, 9.17) is 4.74 Å². The molecule has 0 aliphatic carbocycles. The molecule has 2 aromatic carbocycles. The highest BCUT2D eigenvalue weighted by Gasteiger charge is 2.12. The van der Waals surface area contributed by atoms with Crippen molar-refractivity contribution >= 4 is 10.8 Å². The predicted molar refractivity (Wildman–Crippen MR) is 102 cm³/mol. The molecule has 1 atom stereocenters. The maximum atomic E-state index is 10.3. The van der Waals surface area contributed by atoms with E-state index in [0.717, 1.165) is 24.2 Å². The van der Waals surface area contributed by atoms with Gasteiger partial charge >= 0.3 is 0 Å². The highest BCUT2D eigenvalue weighted by Crippen LogP contribution is 2.20. The van der Waals surface area contributed by atoms with Crippen molar-refractivity contribution in [3.8, 4) is 5.75 Å². The van der Waals surface area contributed by atoms with Crippen LogP contribution in [0.1, 0.15) is 39.5 Å². The van der Waals surface area contributed by atoms with Crippen LogP contribution in [0, 0.1) is 0 Å². The molecule has 1 N–H and O–H groups in total. The third-order valence-electron chi connectivity index (χ3n) is 4.29. The fraction of sp³-hybridized carbons (Fsp3) is 0.524. The van der Waals surface area contributed by atoms with Crippen molar-refractivity contribution in [2.45, 2.75) is 45.6 Å². The molecule has 25 heavy (non-hydrogen) atoms. The smallest absolute Gasteiger partial charge is 0.120 e. The molecule has 0 aliphatic heterocycles. The van der Waals surface area contributed by atoms with Crippen LogP contribution in [0.15, 0.2) is 42.5 Å². The minimum atomic E-state index is -0.454. The molecule has 0 saturated carbocycles. The zero-order valence-electron chi connectivity index (χ0n) is 15.5. The van der Waals surface area contributed by atoms with Crippen molar-refractivity contribution in [2.24, 2.45) is 0 Å². The number of hydrogen-bond donors (Lipinski definition) is 1. The van der Waals surface area contributed by atoms with Crippen LogP contribution in [0.2, 0.25) is 0 Å². The lowest BCUT2D eigenvalue weighted by molar-refractivity contribution is -0.00000728. The van der Waals surface area contributed by atoms with Gasteiger partial charge in [0.1, 0.15) is 18.5 Å². The van der Waals surface area contributed by atoms with Crippen molar-refractivity contribution < 1.29 is 22.3 Å². The van der Waals surface area contributed by atoms with E-state index in [-0.39, 0.29) is 12.4 Å². The average Bonchev–Trinajstić information content (AvgIpc) is 2.62. The summed E-state index contributed by atoms with van der Waals surface area (Å²) >= 11 is 0. The SMILES string of the molecule is CCCCN(CCCC)CC(O)COc1ccc2ccccc2c1.[Cl-]. The summed E-state index contributed by atoms with van der Waals surface area (Å²) in [5.74, 6) is 0.821. The van der Waals surface area contributed by atoms with Gasteiger partial charge in [-0.1, -0.05) is 57.0 Å². The first-order valence-corrected chi connectivity index (χ1v) is 9.25. The third kappa shape index (κ3) is 7.64. The monoisotopic (exact) mass is 364 g/mol. The summed E-state index contributed by atoms with van der Waals surface area (Å²) in [5, 5.41) is 12.7. The lowest BCUT2D eigenvalue weighted by Gasteiger charge is -2.25. The zero-order valence-corrected chi connectivity index (χ0v) is 16.2. The van der Waals surface area contributed by atoms with Crippen LogP contribution < -0.4 is 17.1 Å². The van der Waals surface area contributed by atoms with Crippen LogP contribution >= 0.6 is 0 Å². The Kier molecular flexibility index (Phi) is 10.6. The van der Waals surface area contributed by atoms with E-state index in [9.17, 15) is 5.11 Å². The van der Waals surface area contributed by atoms with Gasteiger partial charge in [-0.05, 0) is 48.8 Å². The molecule has 2 rings (SSSR count). The van der Waals surface area contributed by atoms with Gasteiger partial charge < -0.3 is 27.2 Å². The molecule has 0 bridgehead atoms. The van der Waals surface area contributed by atoms with E-state index in [1.807, 2.05) is 24.3 Å². The number of halogens is 1. The average molecular weight is 365 g/mol. The summed E-state index contributed by atoms with van der Waals surface area (Å²) in [6.45, 7) is 7.56. The Hall–Kier alpha value is -1.29. The molecular formula is C21H31ClNO2-. The highest BCUT2D eigenvalue weighted by molar-refractivity contribution is 5.83. The van der Waals surface area contributed by atoms with Crippen molar-refractivity contribution in [2.75, 3.05) is 26.2 Å². The van der Waals surface area contributed by atoms with Gasteiger partial charge in [0.05, 0.1) is 0 Å². The molecule has 0 radical (unpaired) electrons. The quantitative estimate of drug-likeness (QED) is 0.655. The molecule has 4 heteroatoms. The first-order valence-electron chi connectivity index (χ1n) is 9.25. The molecule has 0 saturated heterocycles. The van der Waals surface area contributed by atoms with E-state index < -0.39 is 6.10 Å². The summed E-state index contributed by atoms with van der Waals surface area (Å²) in [6.07, 6.45) is 4.29. The maximum Gasteiger partial charge on any atom is 0.120 e. The normalized spacial score (nSPS) is 12.2. The van der Waals surface area contributed by atoms with E-state index in [0.29, 0.717) is 13.2 Å². The second-order valence-electron chi connectivity index (χ2n) is 6.48. The van der Waals surface area contributed by atoms with E-state index in [1.54, 1.807) is 0 Å². The maximum absolute atomic E-state index is 10.3. The molecule has 0 spiro atoms. The molecular weight excluding hydrogens is 334 g/mol. The Morgan fingerprint density at radius 3 is 2.24 bits per heavy atom. The number of ether oxygens (including phenoxy) is 1. The molecule has 0 fully saturated rings. The molecule has 3 nitrogen and oxygen atoms in total. The first kappa shape index (κ1) is 21.8. The summed E-state index contributed by atoms with van der Waals surface area (Å²) in [7, 11) is 0. The van der Waals surface area contributed by atoms with Crippen LogP contribution in [-0.4, -0.2) is 42.4 Å². The van der Waals surface area contributed by atoms with Gasteiger partial charge in [0.2, 0.25) is 0 Å². The van der Waals surface area contributed by atoms with Crippen LogP contribution in [0.5, 0.6) is 5.75 Å². The molecule has 0 aliphatic rings. The summed E-state index contributed by atoms with van der Waals surface area (Å²) < 4.78 is 5.81. The lowest BCUT2D eigenvalue weighted by atomic mass is 10.1. The van der Waals surface area contributed by atoms with Crippen molar-refractivity contribution in [1.82, 2.24) is 4.90 Å². The van der Waals surface area contributed by atoms with E-state index in [1.165, 1.54) is 31.1 Å². The van der Waals surface area contributed by atoms with E-state index in [2.05, 4.69) is 36.9 Å². The largest absolute Gasteiger partial charge is 1.00 e. The molecule has 0 aromatic heterocycles. The Morgan fingerprint density at radius 1 is 0.960 bits per heavy atom. The number of fused-ring (bicyclic) bond motifs is 1. The zero-order chi connectivity index (χ0) is 17.2. The van der Waals surface area contributed by atoms with E-state index >= 15 is 0 Å². The Labute approximate surface area is 158 Å². The molecule has 140 valence electrons. The fourth-order valence-corrected chi connectivity index (χ4v) is 2.86. The molecule has 0 heterocycles. The van der Waals surface area contributed by atoms with Gasteiger partial charge in [0, 0.05) is 6.54 Å². The summed E-state index contributed by atoms with van der Waals surface area (Å²) in [4.78, 5) is 2.36. The summed E-state index contributed by atoms with van der Waals surface area (Å²) in [5.41, 5.74) is 0. The second kappa shape index (κ2) is 12.1. The minimum absolute atomic E-state index is 0. The van der Waals surface area contributed by atoms with Crippen LogP contribution in [0.3, 0.4) is 0 Å². The second-order valence-corrected chi connectivity index (χ2v) is 6.48. The third-order valence-corrected chi connectivity index (χ3v) is 4.29. The highest BCUT2D eigenvalue weighted by atomic mass is 35.5. The van der Waals surface area contributed by atoms with Gasteiger partial charge in [-0.25, -0.2) is 0 Å². The van der Waals surface area contributed by atoms with Crippen molar-refractivity contribution in [1.29, 1.82) is 0 Å². The Bertz CT molecular complexity index is 597. The van der Waals surface area contributed by atoms with Gasteiger partial charge in [-0.3, -0.25) is 0 Å². The summed E-state index contributed by atoms with van der Waals surface area (Å²) in [6, 6.07) is 14.3. The Morgan fingerprint density at radius 2 is 1.60 bits per heavy atom. The standard InChI is InChI=1S/C21H31NO2.ClH/c1-3-5-13-22(14-6-4-2)16-20(23)17-24-21-12-11-18-9-7-8-10-19(18)15-21;/h7-12,15,20,23H,3-6,13-14,16-17H2,1-2H3;1H/p-1. The van der Waals surface area contributed by atoms with Gasteiger partial charge in [0.25, 0.3) is 0 Å². The van der Waals surface area contributed by atoms with Gasteiger partial charge in [-0.15, -0.1) is 0 Å². The van der Waals surface area contributed by atoms with Gasteiger partial charge in [0.15, 0.2) is 0 Å². The van der Waals surface area contributed by atoms with Crippen molar-refractivity contribution in [3.63, 3.8) is 0 Å². The lowest BCUT2D eigenvalue weighted by Crippen LogP contribution is -3.00. The number of aliphatic hydroxyl groups excluding tert-OH is 1. The van der Waals surface area contributed by atoms with Crippen LogP contribution in [0.25, 0.3) is 10.8 Å².